The lowest BCUT2D eigenvalue weighted by Gasteiger charge is -2.23. The molecule has 9 heteroatoms. The number of hydrogen-bond acceptors (Lipinski definition) is 4. The van der Waals surface area contributed by atoms with E-state index >= 15 is 0 Å². The number of benzene rings is 2. The molecule has 1 saturated carbocycles. The number of carbonyl (C=O) groups is 2. The molecule has 0 radical (unpaired) electrons. The lowest BCUT2D eigenvalue weighted by atomic mass is 10.0. The predicted molar refractivity (Wildman–Crippen MR) is 139 cm³/mol. The maximum atomic E-state index is 13.5. The highest BCUT2D eigenvalue weighted by Crippen LogP contribution is 2.26. The Morgan fingerprint density at radius 2 is 1.81 bits per heavy atom. The first-order valence-electron chi connectivity index (χ1n) is 12.7. The first-order chi connectivity index (χ1) is 17.4. The van der Waals surface area contributed by atoms with Gasteiger partial charge in [0.25, 0.3) is 0 Å². The van der Waals surface area contributed by atoms with E-state index in [9.17, 15) is 18.0 Å². The third-order valence-corrected chi connectivity index (χ3v) is 8.67. The molecule has 1 aliphatic heterocycles. The zero-order chi connectivity index (χ0) is 25.1. The van der Waals surface area contributed by atoms with Crippen molar-refractivity contribution in [2.75, 3.05) is 5.32 Å². The number of hydrogen-bond donors (Lipinski definition) is 4. The fraction of sp³-hybridized carbons (Fsp3) is 0.407. The Labute approximate surface area is 211 Å². The van der Waals surface area contributed by atoms with Gasteiger partial charge in [0.1, 0.15) is 6.04 Å². The third kappa shape index (κ3) is 5.47. The molecule has 3 aromatic rings. The Morgan fingerprint density at radius 1 is 1.03 bits per heavy atom. The van der Waals surface area contributed by atoms with Crippen molar-refractivity contribution in [2.45, 2.75) is 74.8 Å². The van der Waals surface area contributed by atoms with Gasteiger partial charge in [-0.1, -0.05) is 43.9 Å². The molecule has 2 amide bonds. The van der Waals surface area contributed by atoms with Gasteiger partial charge in [-0.3, -0.25) is 9.59 Å². The number of sulfonamides is 1. The van der Waals surface area contributed by atoms with Crippen LogP contribution < -0.4 is 15.4 Å². The highest BCUT2D eigenvalue weighted by molar-refractivity contribution is 7.89. The van der Waals surface area contributed by atoms with Crippen LogP contribution in [0.5, 0.6) is 0 Å². The minimum absolute atomic E-state index is 0.0577. The summed E-state index contributed by atoms with van der Waals surface area (Å²) < 4.78 is 29.6. The minimum Gasteiger partial charge on any atom is -0.361 e. The molecule has 8 nitrogen and oxygen atoms in total. The van der Waals surface area contributed by atoms with E-state index in [0.717, 1.165) is 60.6 Å². The highest BCUT2D eigenvalue weighted by Gasteiger charge is 2.29. The Morgan fingerprint density at radius 3 is 2.61 bits per heavy atom. The van der Waals surface area contributed by atoms with Crippen LogP contribution in [-0.2, 0) is 32.5 Å². The number of aromatic nitrogens is 1. The van der Waals surface area contributed by atoms with Crippen molar-refractivity contribution in [2.24, 2.45) is 0 Å². The van der Waals surface area contributed by atoms with Crippen LogP contribution in [0.15, 0.2) is 53.6 Å². The first-order valence-corrected chi connectivity index (χ1v) is 14.2. The van der Waals surface area contributed by atoms with Gasteiger partial charge in [-0.25, -0.2) is 8.42 Å². The van der Waals surface area contributed by atoms with Crippen LogP contribution in [0.25, 0.3) is 10.9 Å². The van der Waals surface area contributed by atoms with Crippen LogP contribution in [0.4, 0.5) is 5.69 Å². The van der Waals surface area contributed by atoms with E-state index in [4.69, 9.17) is 0 Å². The molecule has 1 fully saturated rings. The van der Waals surface area contributed by atoms with Crippen LogP contribution in [0.1, 0.15) is 56.1 Å². The monoisotopic (exact) mass is 508 g/mol. The number of para-hydroxylation sites is 1. The van der Waals surface area contributed by atoms with Crippen LogP contribution in [0.2, 0.25) is 0 Å². The topological polar surface area (TPSA) is 120 Å². The predicted octanol–water partition coefficient (Wildman–Crippen LogP) is 3.78. The standard InChI is InChI=1S/C27H32N4O4S/c32-26-14-11-18-15-21(12-13-23(18)30-26)36(34,35)31-25(27(33)29-20-7-3-1-2-4-8-20)16-19-17-28-24-10-6-5-9-22(19)24/h5-6,9-10,12-13,15,17,20,25,28,31H,1-4,7-8,11,14,16H2,(H,29,33)(H,30,32). The summed E-state index contributed by atoms with van der Waals surface area (Å²) in [4.78, 5) is 28.4. The molecule has 0 saturated heterocycles. The zero-order valence-electron chi connectivity index (χ0n) is 20.2. The lowest BCUT2D eigenvalue weighted by molar-refractivity contribution is -0.123. The Hall–Kier alpha value is -3.17. The fourth-order valence-electron chi connectivity index (χ4n) is 5.22. The number of aryl methyl sites for hydroxylation is 1. The molecule has 1 atom stereocenters. The van der Waals surface area contributed by atoms with Gasteiger partial charge >= 0.3 is 0 Å². The maximum absolute atomic E-state index is 13.5. The summed E-state index contributed by atoms with van der Waals surface area (Å²) in [6.45, 7) is 0. The summed E-state index contributed by atoms with van der Waals surface area (Å²) in [7, 11) is -3.99. The van der Waals surface area contributed by atoms with E-state index in [1.165, 1.54) is 6.07 Å². The van der Waals surface area contributed by atoms with Crippen molar-refractivity contribution >= 4 is 38.4 Å². The SMILES string of the molecule is O=C1CCc2cc(S(=O)(=O)NC(Cc3c[nH]c4ccccc34)C(=O)NC3CCCCCC3)ccc2N1. The molecule has 36 heavy (non-hydrogen) atoms. The Bertz CT molecular complexity index is 1370. The van der Waals surface area contributed by atoms with Crippen molar-refractivity contribution in [3.8, 4) is 0 Å². The number of carbonyl (C=O) groups excluding carboxylic acids is 2. The molecule has 0 spiro atoms. The second-order valence-corrected chi connectivity index (χ2v) is 11.5. The third-order valence-electron chi connectivity index (χ3n) is 7.20. The number of aromatic amines is 1. The molecule has 4 N–H and O–H groups in total. The summed E-state index contributed by atoms with van der Waals surface area (Å²) in [5, 5.41) is 6.86. The lowest BCUT2D eigenvalue weighted by Crippen LogP contribution is -2.50. The summed E-state index contributed by atoms with van der Waals surface area (Å²) >= 11 is 0. The van der Waals surface area contributed by atoms with E-state index in [-0.39, 0.29) is 29.2 Å². The van der Waals surface area contributed by atoms with Crippen LogP contribution in [0.3, 0.4) is 0 Å². The largest absolute Gasteiger partial charge is 0.361 e. The second-order valence-electron chi connectivity index (χ2n) is 9.80. The summed E-state index contributed by atoms with van der Waals surface area (Å²) in [6.07, 6.45) is 9.14. The Balaban J connectivity index is 1.41. The molecule has 1 unspecified atom stereocenters. The van der Waals surface area contributed by atoms with Gasteiger partial charge in [0, 0.05) is 35.2 Å². The molecule has 190 valence electrons. The van der Waals surface area contributed by atoms with Gasteiger partial charge in [-0.2, -0.15) is 4.72 Å². The van der Waals surface area contributed by atoms with Crippen LogP contribution in [-0.4, -0.2) is 37.3 Å². The number of anilines is 1. The second kappa shape index (κ2) is 10.4. The van der Waals surface area contributed by atoms with Crippen LogP contribution >= 0.6 is 0 Å². The van der Waals surface area contributed by atoms with Crippen molar-refractivity contribution in [3.63, 3.8) is 0 Å². The molecule has 1 aromatic heterocycles. The molecule has 1 aliphatic carbocycles. The number of amides is 2. The van der Waals surface area contributed by atoms with Crippen LogP contribution in [0, 0.1) is 0 Å². The van der Waals surface area contributed by atoms with Crippen molar-refractivity contribution in [1.82, 2.24) is 15.0 Å². The minimum atomic E-state index is -3.99. The summed E-state index contributed by atoms with van der Waals surface area (Å²) in [5.41, 5.74) is 3.22. The smallest absolute Gasteiger partial charge is 0.241 e. The highest BCUT2D eigenvalue weighted by atomic mass is 32.2. The van der Waals surface area contributed by atoms with Gasteiger partial charge in [-0.05, 0) is 61.1 Å². The van der Waals surface area contributed by atoms with E-state index in [0.29, 0.717) is 18.5 Å². The van der Waals surface area contributed by atoms with Gasteiger partial charge < -0.3 is 15.6 Å². The van der Waals surface area contributed by atoms with Gasteiger partial charge in [0.2, 0.25) is 21.8 Å². The first kappa shape index (κ1) is 24.5. The number of nitrogens with one attached hydrogen (secondary N) is 4. The van der Waals surface area contributed by atoms with Crippen molar-refractivity contribution in [3.05, 3.63) is 59.8 Å². The molecular weight excluding hydrogens is 476 g/mol. The van der Waals surface area contributed by atoms with Crippen molar-refractivity contribution in [1.29, 1.82) is 0 Å². The van der Waals surface area contributed by atoms with E-state index < -0.39 is 16.1 Å². The maximum Gasteiger partial charge on any atom is 0.241 e. The number of fused-ring (bicyclic) bond motifs is 2. The van der Waals surface area contributed by atoms with Gasteiger partial charge in [-0.15, -0.1) is 0 Å². The molecule has 0 bridgehead atoms. The zero-order valence-corrected chi connectivity index (χ0v) is 21.0. The average molecular weight is 509 g/mol. The quantitative estimate of drug-likeness (QED) is 0.363. The number of rotatable bonds is 7. The van der Waals surface area contributed by atoms with E-state index in [1.807, 2.05) is 30.5 Å². The normalized spacial score (nSPS) is 17.7. The summed E-state index contributed by atoms with van der Waals surface area (Å²) in [5.74, 6) is -0.383. The molecule has 5 rings (SSSR count). The van der Waals surface area contributed by atoms with Gasteiger partial charge in [0.05, 0.1) is 4.90 Å². The van der Waals surface area contributed by atoms with E-state index in [2.05, 4.69) is 20.3 Å². The molecular formula is C27H32N4O4S. The molecule has 2 aromatic carbocycles. The molecule has 2 heterocycles. The Kier molecular flexibility index (Phi) is 7.11. The van der Waals surface area contributed by atoms with Crippen molar-refractivity contribution < 1.29 is 18.0 Å². The number of H-pyrrole nitrogens is 1. The average Bonchev–Trinajstić information content (AvgIpc) is 3.09. The fourth-order valence-corrected chi connectivity index (χ4v) is 6.46. The molecule has 2 aliphatic rings. The van der Waals surface area contributed by atoms with Gasteiger partial charge in [0.15, 0.2) is 0 Å². The van der Waals surface area contributed by atoms with E-state index in [1.54, 1.807) is 12.1 Å². The summed E-state index contributed by atoms with van der Waals surface area (Å²) in [6, 6.07) is 11.5.